The molecule has 6 amide bonds. The van der Waals surface area contributed by atoms with Crippen molar-refractivity contribution in [3.05, 3.63) is 71.8 Å². The predicted molar refractivity (Wildman–Crippen MR) is 115 cm³/mol. The second kappa shape index (κ2) is 8.59. The number of amides is 6. The molecular weight excluding hydrogens is 396 g/mol. The molecule has 31 heavy (non-hydrogen) atoms. The van der Waals surface area contributed by atoms with Crippen LogP contribution in [0.15, 0.2) is 60.7 Å². The molecule has 1 heterocycles. The van der Waals surface area contributed by atoms with Gasteiger partial charge in [0.05, 0.1) is 0 Å². The third-order valence-corrected chi connectivity index (χ3v) is 4.80. The SMILES string of the molecule is CC(C)(C)NC(=O)NC(=O)CN1C(=O)N[C@](Cc2ccccc2)(c2ccccc2)C1=O. The summed E-state index contributed by atoms with van der Waals surface area (Å²) < 4.78 is 0. The number of hydrogen-bond donors (Lipinski definition) is 3. The number of hydrogen-bond acceptors (Lipinski definition) is 4. The molecule has 162 valence electrons. The van der Waals surface area contributed by atoms with E-state index >= 15 is 0 Å². The first-order chi connectivity index (χ1) is 14.6. The van der Waals surface area contributed by atoms with Gasteiger partial charge < -0.3 is 10.6 Å². The fourth-order valence-corrected chi connectivity index (χ4v) is 3.49. The lowest BCUT2D eigenvalue weighted by Gasteiger charge is -2.27. The smallest absolute Gasteiger partial charge is 0.325 e. The van der Waals surface area contributed by atoms with Gasteiger partial charge in [-0.3, -0.25) is 19.8 Å². The summed E-state index contributed by atoms with van der Waals surface area (Å²) in [4.78, 5) is 51.3. The molecule has 0 aromatic heterocycles. The van der Waals surface area contributed by atoms with Gasteiger partial charge in [0.15, 0.2) is 5.54 Å². The van der Waals surface area contributed by atoms with E-state index in [2.05, 4.69) is 16.0 Å². The van der Waals surface area contributed by atoms with Gasteiger partial charge in [0, 0.05) is 12.0 Å². The molecule has 8 nitrogen and oxygen atoms in total. The van der Waals surface area contributed by atoms with E-state index in [1.54, 1.807) is 45.0 Å². The van der Waals surface area contributed by atoms with Gasteiger partial charge >= 0.3 is 12.1 Å². The molecule has 0 bridgehead atoms. The zero-order valence-electron chi connectivity index (χ0n) is 17.8. The molecule has 1 atom stereocenters. The van der Waals surface area contributed by atoms with E-state index in [0.717, 1.165) is 10.5 Å². The van der Waals surface area contributed by atoms with Crippen LogP contribution in [0.2, 0.25) is 0 Å². The topological polar surface area (TPSA) is 108 Å². The van der Waals surface area contributed by atoms with Crippen molar-refractivity contribution in [3.63, 3.8) is 0 Å². The Balaban J connectivity index is 1.83. The normalized spacial score (nSPS) is 18.5. The fraction of sp³-hybridized carbons (Fsp3) is 0.304. The van der Waals surface area contributed by atoms with Crippen molar-refractivity contribution >= 4 is 23.9 Å². The summed E-state index contributed by atoms with van der Waals surface area (Å²) in [5.41, 5.74) is -0.404. The van der Waals surface area contributed by atoms with Crippen LogP contribution in [0.5, 0.6) is 0 Å². The Morgan fingerprint density at radius 1 is 0.968 bits per heavy atom. The van der Waals surface area contributed by atoms with Gasteiger partial charge in [0.2, 0.25) is 5.91 Å². The molecule has 0 spiro atoms. The summed E-state index contributed by atoms with van der Waals surface area (Å²) in [7, 11) is 0. The maximum Gasteiger partial charge on any atom is 0.325 e. The van der Waals surface area contributed by atoms with Crippen LogP contribution in [0, 0.1) is 0 Å². The monoisotopic (exact) mass is 422 g/mol. The molecule has 0 unspecified atom stereocenters. The molecule has 8 heteroatoms. The average Bonchev–Trinajstić information content (AvgIpc) is 2.93. The first kappa shape index (κ1) is 22.0. The number of imide groups is 2. The number of carbonyl (C=O) groups is 4. The highest BCUT2D eigenvalue weighted by molar-refractivity contribution is 6.10. The van der Waals surface area contributed by atoms with E-state index in [1.165, 1.54) is 0 Å². The molecule has 0 aliphatic carbocycles. The summed E-state index contributed by atoms with van der Waals surface area (Å²) in [5.74, 6) is -1.30. The van der Waals surface area contributed by atoms with E-state index in [9.17, 15) is 19.2 Å². The highest BCUT2D eigenvalue weighted by atomic mass is 16.2. The van der Waals surface area contributed by atoms with Crippen LogP contribution in [0.3, 0.4) is 0 Å². The number of carbonyl (C=O) groups excluding carboxylic acids is 4. The Hall–Kier alpha value is -3.68. The van der Waals surface area contributed by atoms with E-state index in [0.29, 0.717) is 5.56 Å². The predicted octanol–water partition coefficient (Wildman–Crippen LogP) is 2.30. The van der Waals surface area contributed by atoms with Gasteiger partial charge in [-0.25, -0.2) is 9.59 Å². The van der Waals surface area contributed by atoms with Crippen LogP contribution < -0.4 is 16.0 Å². The minimum absolute atomic E-state index is 0.227. The number of benzene rings is 2. The van der Waals surface area contributed by atoms with Crippen molar-refractivity contribution in [2.45, 2.75) is 38.3 Å². The van der Waals surface area contributed by atoms with Gasteiger partial charge in [-0.05, 0) is 31.9 Å². The van der Waals surface area contributed by atoms with Gasteiger partial charge in [-0.1, -0.05) is 60.7 Å². The summed E-state index contributed by atoms with van der Waals surface area (Å²) in [6, 6.07) is 16.9. The van der Waals surface area contributed by atoms with E-state index in [4.69, 9.17) is 0 Å². The summed E-state index contributed by atoms with van der Waals surface area (Å²) >= 11 is 0. The molecule has 0 saturated carbocycles. The largest absolute Gasteiger partial charge is 0.333 e. The number of urea groups is 2. The Morgan fingerprint density at radius 3 is 2.13 bits per heavy atom. The second-order valence-corrected chi connectivity index (χ2v) is 8.51. The lowest BCUT2D eigenvalue weighted by molar-refractivity contribution is -0.135. The second-order valence-electron chi connectivity index (χ2n) is 8.51. The van der Waals surface area contributed by atoms with Crippen molar-refractivity contribution in [1.82, 2.24) is 20.9 Å². The molecular formula is C23H26N4O4. The zero-order chi connectivity index (χ0) is 22.6. The highest BCUT2D eigenvalue weighted by Crippen LogP contribution is 2.32. The maximum atomic E-state index is 13.5. The van der Waals surface area contributed by atoms with Crippen molar-refractivity contribution in [2.24, 2.45) is 0 Å². The van der Waals surface area contributed by atoms with Crippen LogP contribution in [-0.4, -0.2) is 40.9 Å². The van der Waals surface area contributed by atoms with Gasteiger partial charge in [-0.2, -0.15) is 0 Å². The number of nitrogens with one attached hydrogen (secondary N) is 3. The lowest BCUT2D eigenvalue weighted by Crippen LogP contribution is -2.51. The first-order valence-electron chi connectivity index (χ1n) is 9.96. The van der Waals surface area contributed by atoms with Gasteiger partial charge in [0.1, 0.15) is 6.54 Å². The molecule has 1 aliphatic rings. The molecule has 1 fully saturated rings. The molecule has 2 aromatic carbocycles. The van der Waals surface area contributed by atoms with Crippen molar-refractivity contribution in [1.29, 1.82) is 0 Å². The van der Waals surface area contributed by atoms with E-state index in [1.807, 2.05) is 36.4 Å². The standard InChI is InChI=1S/C23H26N4O4/c1-22(2,3)25-20(30)24-18(28)15-27-19(29)23(26-21(27)31,17-12-8-5-9-13-17)14-16-10-6-4-7-11-16/h4-13H,14-15H2,1-3H3,(H,26,31)(H2,24,25,28,30)/t23-/m1/s1. The van der Waals surface area contributed by atoms with Crippen LogP contribution >= 0.6 is 0 Å². The van der Waals surface area contributed by atoms with Crippen LogP contribution in [0.25, 0.3) is 0 Å². The summed E-state index contributed by atoms with van der Waals surface area (Å²) in [6.07, 6.45) is 0.227. The third kappa shape index (κ3) is 5.09. The minimum atomic E-state index is -1.34. The Bertz CT molecular complexity index is 986. The minimum Gasteiger partial charge on any atom is -0.333 e. The third-order valence-electron chi connectivity index (χ3n) is 4.80. The van der Waals surface area contributed by atoms with E-state index in [-0.39, 0.29) is 6.42 Å². The molecule has 2 aromatic rings. The Kier molecular flexibility index (Phi) is 6.10. The average molecular weight is 422 g/mol. The fourth-order valence-electron chi connectivity index (χ4n) is 3.49. The number of rotatable bonds is 5. The van der Waals surface area contributed by atoms with Gasteiger partial charge in [0.25, 0.3) is 5.91 Å². The van der Waals surface area contributed by atoms with Crippen molar-refractivity contribution in [2.75, 3.05) is 6.54 Å². The first-order valence-corrected chi connectivity index (χ1v) is 9.96. The highest BCUT2D eigenvalue weighted by Gasteiger charge is 2.52. The Labute approximate surface area is 181 Å². The summed E-state index contributed by atoms with van der Waals surface area (Å²) in [5, 5.41) is 7.54. The van der Waals surface area contributed by atoms with E-state index < -0.39 is 41.5 Å². The zero-order valence-corrected chi connectivity index (χ0v) is 17.8. The molecule has 1 saturated heterocycles. The van der Waals surface area contributed by atoms with Crippen LogP contribution in [0.4, 0.5) is 9.59 Å². The van der Waals surface area contributed by atoms with Gasteiger partial charge in [-0.15, -0.1) is 0 Å². The van der Waals surface area contributed by atoms with Crippen molar-refractivity contribution in [3.8, 4) is 0 Å². The summed E-state index contributed by atoms with van der Waals surface area (Å²) in [6.45, 7) is 4.75. The molecule has 1 aliphatic heterocycles. The lowest BCUT2D eigenvalue weighted by atomic mass is 9.83. The van der Waals surface area contributed by atoms with Crippen LogP contribution in [0.1, 0.15) is 31.9 Å². The molecule has 0 radical (unpaired) electrons. The molecule has 3 rings (SSSR count). The maximum absolute atomic E-state index is 13.5. The van der Waals surface area contributed by atoms with Crippen LogP contribution in [-0.2, 0) is 21.5 Å². The number of nitrogens with zero attached hydrogens (tertiary/aromatic N) is 1. The Morgan fingerprint density at radius 2 is 1.55 bits per heavy atom. The van der Waals surface area contributed by atoms with Crippen molar-refractivity contribution < 1.29 is 19.2 Å². The quantitative estimate of drug-likeness (QED) is 0.643. The molecule has 3 N–H and O–H groups in total.